The maximum Gasteiger partial charge on any atom is 0.228 e. The van der Waals surface area contributed by atoms with Crippen molar-refractivity contribution in [3.05, 3.63) is 72.1 Å². The molecule has 2 heterocycles. The Morgan fingerprint density at radius 3 is 2.75 bits per heavy atom. The van der Waals surface area contributed by atoms with E-state index in [0.717, 1.165) is 11.4 Å². The molecule has 0 spiro atoms. The molecule has 0 bridgehead atoms. The average Bonchev–Trinajstić information content (AvgIpc) is 3.07. The van der Waals surface area contributed by atoms with Crippen LogP contribution >= 0.6 is 0 Å². The zero-order chi connectivity index (χ0) is 16.6. The minimum absolute atomic E-state index is 0.106. The van der Waals surface area contributed by atoms with Gasteiger partial charge in [-0.2, -0.15) is 5.10 Å². The summed E-state index contributed by atoms with van der Waals surface area (Å²) < 4.78 is 5.57. The summed E-state index contributed by atoms with van der Waals surface area (Å²) in [5.41, 5.74) is 0.804. The number of aromatic nitrogens is 4. The summed E-state index contributed by atoms with van der Waals surface area (Å²) in [6, 6.07) is 15.0. The van der Waals surface area contributed by atoms with Crippen molar-refractivity contribution in [1.82, 2.24) is 25.5 Å². The van der Waals surface area contributed by atoms with Crippen molar-refractivity contribution < 1.29 is 9.53 Å². The first-order chi connectivity index (χ1) is 11.8. The Hall–Kier alpha value is -3.22. The van der Waals surface area contributed by atoms with Crippen molar-refractivity contribution in [2.24, 2.45) is 0 Å². The second-order valence-electron chi connectivity index (χ2n) is 5.07. The molecule has 2 N–H and O–H groups in total. The fraction of sp³-hybridized carbons (Fsp3) is 0.176. The van der Waals surface area contributed by atoms with Crippen LogP contribution in [-0.4, -0.2) is 26.1 Å². The number of nitrogens with one attached hydrogen (secondary N) is 2. The Morgan fingerprint density at radius 2 is 1.96 bits per heavy atom. The van der Waals surface area contributed by atoms with Crippen molar-refractivity contribution >= 4 is 5.91 Å². The molecule has 0 fully saturated rings. The van der Waals surface area contributed by atoms with Crippen LogP contribution in [0.4, 0.5) is 0 Å². The van der Waals surface area contributed by atoms with Gasteiger partial charge in [-0.1, -0.05) is 24.3 Å². The molecule has 7 heteroatoms. The predicted molar refractivity (Wildman–Crippen MR) is 86.9 cm³/mol. The fourth-order valence-corrected chi connectivity index (χ4v) is 2.04. The SMILES string of the molecule is O=C(Cc1n[nH]c(COc2ccccc2)n1)NCc1ccccn1. The summed E-state index contributed by atoms with van der Waals surface area (Å²) >= 11 is 0. The zero-order valence-electron chi connectivity index (χ0n) is 13.0. The Bertz CT molecular complexity index is 774. The predicted octanol–water partition coefficient (Wildman–Crippen LogP) is 1.64. The van der Waals surface area contributed by atoms with E-state index in [1.54, 1.807) is 6.20 Å². The Kier molecular flexibility index (Phi) is 5.14. The number of carbonyl (C=O) groups is 1. The normalized spacial score (nSPS) is 10.3. The molecule has 1 amide bonds. The standard InChI is InChI=1S/C17H17N5O2/c23-17(19-11-13-6-4-5-9-18-13)10-15-20-16(22-21-15)12-24-14-7-2-1-3-8-14/h1-9H,10-12H2,(H,19,23)(H,20,21,22). The molecule has 3 aromatic rings. The number of para-hydroxylation sites is 1. The maximum absolute atomic E-state index is 11.9. The molecular formula is C17H17N5O2. The number of H-pyrrole nitrogens is 1. The molecule has 1 aromatic carbocycles. The molecule has 24 heavy (non-hydrogen) atoms. The third-order valence-corrected chi connectivity index (χ3v) is 3.21. The van der Waals surface area contributed by atoms with Gasteiger partial charge in [0, 0.05) is 6.20 Å². The second kappa shape index (κ2) is 7.87. The maximum atomic E-state index is 11.9. The molecule has 0 saturated heterocycles. The summed E-state index contributed by atoms with van der Waals surface area (Å²) in [6.07, 6.45) is 1.80. The number of rotatable bonds is 7. The highest BCUT2D eigenvalue weighted by Crippen LogP contribution is 2.10. The number of carbonyl (C=O) groups excluding carboxylic acids is 1. The molecule has 0 aliphatic rings. The number of hydrogen-bond acceptors (Lipinski definition) is 5. The number of nitrogens with zero attached hydrogens (tertiary/aromatic N) is 3. The van der Waals surface area contributed by atoms with E-state index in [-0.39, 0.29) is 18.9 Å². The topological polar surface area (TPSA) is 92.8 Å². The minimum Gasteiger partial charge on any atom is -0.486 e. The van der Waals surface area contributed by atoms with Crippen LogP contribution in [0, 0.1) is 0 Å². The quantitative estimate of drug-likeness (QED) is 0.689. The van der Waals surface area contributed by atoms with E-state index in [1.807, 2.05) is 48.5 Å². The van der Waals surface area contributed by atoms with Crippen LogP contribution in [0.15, 0.2) is 54.7 Å². The summed E-state index contributed by atoms with van der Waals surface area (Å²) in [5, 5.41) is 9.60. The van der Waals surface area contributed by atoms with Crippen molar-refractivity contribution in [2.45, 2.75) is 19.6 Å². The highest BCUT2D eigenvalue weighted by molar-refractivity contribution is 5.77. The van der Waals surface area contributed by atoms with Gasteiger partial charge in [0.15, 0.2) is 11.6 Å². The third kappa shape index (κ3) is 4.64. The first-order valence-corrected chi connectivity index (χ1v) is 7.54. The molecule has 7 nitrogen and oxygen atoms in total. The van der Waals surface area contributed by atoms with E-state index in [2.05, 4.69) is 25.5 Å². The monoisotopic (exact) mass is 323 g/mol. The summed E-state index contributed by atoms with van der Waals surface area (Å²) in [5.74, 6) is 1.60. The first kappa shape index (κ1) is 15.7. The Balaban J connectivity index is 1.46. The Morgan fingerprint density at radius 1 is 1.12 bits per heavy atom. The van der Waals surface area contributed by atoms with E-state index < -0.39 is 0 Å². The lowest BCUT2D eigenvalue weighted by Gasteiger charge is -2.03. The molecule has 0 saturated carbocycles. The van der Waals surface area contributed by atoms with E-state index in [0.29, 0.717) is 18.2 Å². The highest BCUT2D eigenvalue weighted by atomic mass is 16.5. The Labute approximate surface area is 139 Å². The number of aromatic amines is 1. The van der Waals surface area contributed by atoms with Crippen LogP contribution < -0.4 is 10.1 Å². The van der Waals surface area contributed by atoms with Crippen LogP contribution in [-0.2, 0) is 24.4 Å². The molecule has 0 aliphatic heterocycles. The first-order valence-electron chi connectivity index (χ1n) is 7.54. The van der Waals surface area contributed by atoms with Gasteiger partial charge in [0.1, 0.15) is 12.4 Å². The number of ether oxygens (including phenoxy) is 1. The van der Waals surface area contributed by atoms with E-state index in [4.69, 9.17) is 4.74 Å². The molecule has 3 rings (SSSR count). The fourth-order valence-electron chi connectivity index (χ4n) is 2.04. The van der Waals surface area contributed by atoms with Crippen LogP contribution in [0.2, 0.25) is 0 Å². The molecule has 2 aromatic heterocycles. The van der Waals surface area contributed by atoms with Gasteiger partial charge in [-0.25, -0.2) is 4.98 Å². The van der Waals surface area contributed by atoms with Crippen LogP contribution in [0.25, 0.3) is 0 Å². The molecule has 122 valence electrons. The van der Waals surface area contributed by atoms with Crippen LogP contribution in [0.1, 0.15) is 17.3 Å². The van der Waals surface area contributed by atoms with Gasteiger partial charge in [0.25, 0.3) is 0 Å². The van der Waals surface area contributed by atoms with Gasteiger partial charge in [0.05, 0.1) is 18.7 Å². The molecule has 0 unspecified atom stereocenters. The smallest absolute Gasteiger partial charge is 0.228 e. The number of benzene rings is 1. The van der Waals surface area contributed by atoms with Gasteiger partial charge in [0.2, 0.25) is 5.91 Å². The van der Waals surface area contributed by atoms with Gasteiger partial charge in [-0.05, 0) is 24.3 Å². The summed E-state index contributed by atoms with van der Waals surface area (Å²) in [7, 11) is 0. The van der Waals surface area contributed by atoms with E-state index >= 15 is 0 Å². The molecular weight excluding hydrogens is 306 g/mol. The highest BCUT2D eigenvalue weighted by Gasteiger charge is 2.09. The van der Waals surface area contributed by atoms with Crippen LogP contribution in [0.3, 0.4) is 0 Å². The minimum atomic E-state index is -0.157. The lowest BCUT2D eigenvalue weighted by Crippen LogP contribution is -2.25. The lowest BCUT2D eigenvalue weighted by atomic mass is 10.3. The van der Waals surface area contributed by atoms with Gasteiger partial charge in [-0.15, -0.1) is 0 Å². The van der Waals surface area contributed by atoms with E-state index in [9.17, 15) is 4.79 Å². The van der Waals surface area contributed by atoms with Gasteiger partial charge >= 0.3 is 0 Å². The molecule has 0 radical (unpaired) electrons. The number of hydrogen-bond donors (Lipinski definition) is 2. The summed E-state index contributed by atoms with van der Waals surface area (Å²) in [4.78, 5) is 20.3. The van der Waals surface area contributed by atoms with E-state index in [1.165, 1.54) is 0 Å². The largest absolute Gasteiger partial charge is 0.486 e. The number of amides is 1. The van der Waals surface area contributed by atoms with Crippen molar-refractivity contribution in [3.8, 4) is 5.75 Å². The molecule has 0 atom stereocenters. The van der Waals surface area contributed by atoms with Gasteiger partial charge < -0.3 is 10.1 Å². The average molecular weight is 323 g/mol. The van der Waals surface area contributed by atoms with Crippen molar-refractivity contribution in [3.63, 3.8) is 0 Å². The van der Waals surface area contributed by atoms with Crippen molar-refractivity contribution in [1.29, 1.82) is 0 Å². The number of pyridine rings is 1. The van der Waals surface area contributed by atoms with Crippen molar-refractivity contribution in [2.75, 3.05) is 0 Å². The van der Waals surface area contributed by atoms with Crippen LogP contribution in [0.5, 0.6) is 5.75 Å². The lowest BCUT2D eigenvalue weighted by molar-refractivity contribution is -0.120. The second-order valence-corrected chi connectivity index (χ2v) is 5.07. The summed E-state index contributed by atoms with van der Waals surface area (Å²) in [6.45, 7) is 0.653. The van der Waals surface area contributed by atoms with Gasteiger partial charge in [-0.3, -0.25) is 14.9 Å². The third-order valence-electron chi connectivity index (χ3n) is 3.21. The zero-order valence-corrected chi connectivity index (χ0v) is 13.0. The molecule has 0 aliphatic carbocycles.